The zero-order chi connectivity index (χ0) is 11.6. The molecule has 0 aliphatic carbocycles. The van der Waals surface area contributed by atoms with E-state index in [0.717, 1.165) is 0 Å². The molecule has 0 atom stereocenters. The summed E-state index contributed by atoms with van der Waals surface area (Å²) in [6.07, 6.45) is 4.38. The monoisotopic (exact) mass is 237 g/mol. The van der Waals surface area contributed by atoms with Gasteiger partial charge in [-0.05, 0) is 24.3 Å². The Morgan fingerprint density at radius 2 is 2.00 bits per heavy atom. The number of anilines is 1. The number of rotatable bonds is 1. The normalized spacial score (nSPS) is 12.0. The van der Waals surface area contributed by atoms with Gasteiger partial charge in [0.25, 0.3) is 0 Å². The maximum atomic E-state index is 10.1. The first-order valence-electron chi connectivity index (χ1n) is 4.48. The van der Waals surface area contributed by atoms with Gasteiger partial charge in [0.1, 0.15) is 6.26 Å². The van der Waals surface area contributed by atoms with Crippen LogP contribution < -0.4 is 5.32 Å². The van der Waals surface area contributed by atoms with Crippen LogP contribution in [0, 0.1) is 0 Å². The van der Waals surface area contributed by atoms with Crippen molar-refractivity contribution in [3.05, 3.63) is 54.2 Å². The smallest absolute Gasteiger partial charge is 0.409 e. The van der Waals surface area contributed by atoms with Crippen LogP contribution in [0.3, 0.4) is 0 Å². The molecule has 0 fully saturated rings. The molecule has 0 bridgehead atoms. The highest BCUT2D eigenvalue weighted by Gasteiger charge is 1.93. The summed E-state index contributed by atoms with van der Waals surface area (Å²) >= 11 is 1.33. The molecule has 0 spiro atoms. The van der Waals surface area contributed by atoms with Gasteiger partial charge in [-0.25, -0.2) is 4.79 Å². The molecule has 1 amide bonds. The van der Waals surface area contributed by atoms with E-state index in [1.807, 2.05) is 23.6 Å². The van der Waals surface area contributed by atoms with Crippen LogP contribution in [0.15, 0.2) is 54.2 Å². The number of para-hydroxylation sites is 1. The Labute approximate surface area is 97.8 Å². The van der Waals surface area contributed by atoms with Gasteiger partial charge in [0, 0.05) is 11.1 Å². The van der Waals surface area contributed by atoms with E-state index in [2.05, 4.69) is 5.32 Å². The summed E-state index contributed by atoms with van der Waals surface area (Å²) in [5.41, 5.74) is 0.593. The number of hydrogen-bond donors (Lipinski definition) is 2. The lowest BCUT2D eigenvalue weighted by Gasteiger charge is -1.96. The second-order valence-corrected chi connectivity index (χ2v) is 3.30. The van der Waals surface area contributed by atoms with Gasteiger partial charge in [0.05, 0.1) is 12.0 Å². The van der Waals surface area contributed by atoms with E-state index < -0.39 is 6.09 Å². The van der Waals surface area contributed by atoms with Gasteiger partial charge in [0.15, 0.2) is 0 Å². The van der Waals surface area contributed by atoms with Crippen molar-refractivity contribution < 1.29 is 14.1 Å². The molecule has 0 aromatic heterocycles. The second-order valence-electron chi connectivity index (χ2n) is 2.65. The average Bonchev–Trinajstić information content (AvgIpc) is 2.32. The number of allylic oxidation sites excluding steroid dienone is 2. The van der Waals surface area contributed by atoms with Crippen LogP contribution >= 0.6 is 12.0 Å². The van der Waals surface area contributed by atoms with Crippen molar-refractivity contribution in [3.63, 3.8) is 0 Å². The van der Waals surface area contributed by atoms with Crippen molar-refractivity contribution in [1.29, 1.82) is 0 Å². The SMILES string of the molecule is C1=COSC=C1.O=C(O)Nc1ccccc1. The number of amides is 1. The van der Waals surface area contributed by atoms with Crippen molar-refractivity contribution in [1.82, 2.24) is 0 Å². The highest BCUT2D eigenvalue weighted by atomic mass is 32.2. The maximum absolute atomic E-state index is 10.1. The Hall–Kier alpha value is -1.88. The van der Waals surface area contributed by atoms with Crippen molar-refractivity contribution >= 4 is 23.8 Å². The highest BCUT2D eigenvalue weighted by Crippen LogP contribution is 2.08. The fourth-order valence-electron chi connectivity index (χ4n) is 0.864. The molecule has 2 rings (SSSR count). The van der Waals surface area contributed by atoms with Crippen LogP contribution in [0.25, 0.3) is 0 Å². The molecule has 1 aromatic rings. The van der Waals surface area contributed by atoms with E-state index in [9.17, 15) is 4.79 Å². The lowest BCUT2D eigenvalue weighted by atomic mass is 10.3. The Bertz CT molecular complexity index is 364. The number of nitrogens with one attached hydrogen (secondary N) is 1. The molecule has 1 heterocycles. The molecule has 0 radical (unpaired) electrons. The molecular formula is C11H11NO3S. The quantitative estimate of drug-likeness (QED) is 0.734. The Balaban J connectivity index is 0.000000181. The molecule has 1 aromatic carbocycles. The fourth-order valence-corrected chi connectivity index (χ4v) is 1.21. The molecule has 0 saturated carbocycles. The van der Waals surface area contributed by atoms with E-state index in [4.69, 9.17) is 9.29 Å². The van der Waals surface area contributed by atoms with Crippen molar-refractivity contribution in [2.24, 2.45) is 0 Å². The summed E-state index contributed by atoms with van der Waals surface area (Å²) in [5.74, 6) is 0. The lowest BCUT2D eigenvalue weighted by Crippen LogP contribution is -2.06. The van der Waals surface area contributed by atoms with Crippen molar-refractivity contribution in [2.45, 2.75) is 0 Å². The van der Waals surface area contributed by atoms with E-state index in [-0.39, 0.29) is 0 Å². The van der Waals surface area contributed by atoms with Gasteiger partial charge in [-0.15, -0.1) is 0 Å². The van der Waals surface area contributed by atoms with Crippen LogP contribution in [0.4, 0.5) is 10.5 Å². The Kier molecular flexibility index (Phi) is 5.65. The van der Waals surface area contributed by atoms with E-state index in [1.54, 1.807) is 30.5 Å². The molecule has 2 N–H and O–H groups in total. The molecule has 0 unspecified atom stereocenters. The number of hydrogen-bond acceptors (Lipinski definition) is 3. The lowest BCUT2D eigenvalue weighted by molar-refractivity contribution is 0.210. The highest BCUT2D eigenvalue weighted by molar-refractivity contribution is 7.97. The van der Waals surface area contributed by atoms with Crippen LogP contribution in [0.1, 0.15) is 0 Å². The third-order valence-electron chi connectivity index (χ3n) is 1.46. The Morgan fingerprint density at radius 3 is 2.38 bits per heavy atom. The van der Waals surface area contributed by atoms with Gasteiger partial charge in [-0.2, -0.15) is 0 Å². The van der Waals surface area contributed by atoms with Gasteiger partial charge in [-0.3, -0.25) is 5.32 Å². The van der Waals surface area contributed by atoms with E-state index >= 15 is 0 Å². The summed E-state index contributed by atoms with van der Waals surface area (Å²) < 4.78 is 4.72. The third kappa shape index (κ3) is 5.77. The van der Waals surface area contributed by atoms with Crippen molar-refractivity contribution in [2.75, 3.05) is 5.32 Å². The first-order valence-corrected chi connectivity index (χ1v) is 5.28. The van der Waals surface area contributed by atoms with E-state index in [1.165, 1.54) is 12.0 Å². The minimum atomic E-state index is -1.04. The second kappa shape index (κ2) is 7.42. The summed E-state index contributed by atoms with van der Waals surface area (Å²) in [7, 11) is 0. The fraction of sp³-hybridized carbons (Fsp3) is 0. The molecule has 4 nitrogen and oxygen atoms in total. The molecule has 1 aliphatic heterocycles. The molecule has 1 aliphatic rings. The summed E-state index contributed by atoms with van der Waals surface area (Å²) in [4.78, 5) is 10.1. The topological polar surface area (TPSA) is 58.6 Å². The first kappa shape index (κ1) is 12.2. The van der Waals surface area contributed by atoms with Crippen LogP contribution in [0.5, 0.6) is 0 Å². The minimum absolute atomic E-state index is 0.593. The summed E-state index contributed by atoms with van der Waals surface area (Å²) in [6.45, 7) is 0. The predicted molar refractivity (Wildman–Crippen MR) is 65.0 cm³/mol. The summed E-state index contributed by atoms with van der Waals surface area (Å²) in [6, 6.07) is 8.74. The summed E-state index contributed by atoms with van der Waals surface area (Å²) in [5, 5.41) is 12.4. The Morgan fingerprint density at radius 1 is 1.25 bits per heavy atom. The standard InChI is InChI=1S/C7H7NO2.C4H4OS/c9-7(10)8-6-4-2-1-3-5-6;1-2-4-6-5-3-1/h1-5,8H,(H,9,10);1-4H. The maximum Gasteiger partial charge on any atom is 0.409 e. The number of carbonyl (C=O) groups is 1. The number of carboxylic acid groups (broad SMARTS) is 1. The minimum Gasteiger partial charge on any atom is -0.465 e. The van der Waals surface area contributed by atoms with Crippen LogP contribution in [0.2, 0.25) is 0 Å². The van der Waals surface area contributed by atoms with Gasteiger partial charge in [-0.1, -0.05) is 18.2 Å². The van der Waals surface area contributed by atoms with Crippen LogP contribution in [-0.4, -0.2) is 11.2 Å². The van der Waals surface area contributed by atoms with Crippen molar-refractivity contribution in [3.8, 4) is 0 Å². The van der Waals surface area contributed by atoms with Gasteiger partial charge >= 0.3 is 6.09 Å². The van der Waals surface area contributed by atoms with Gasteiger partial charge in [0.2, 0.25) is 0 Å². The molecular weight excluding hydrogens is 226 g/mol. The molecule has 84 valence electrons. The largest absolute Gasteiger partial charge is 0.465 e. The number of benzene rings is 1. The van der Waals surface area contributed by atoms with Crippen LogP contribution in [-0.2, 0) is 4.18 Å². The molecule has 5 heteroatoms. The zero-order valence-corrected chi connectivity index (χ0v) is 9.18. The molecule has 16 heavy (non-hydrogen) atoms. The molecule has 0 saturated heterocycles. The van der Waals surface area contributed by atoms with Gasteiger partial charge < -0.3 is 9.29 Å². The average molecular weight is 237 g/mol. The third-order valence-corrected chi connectivity index (χ3v) is 1.95. The first-order chi connectivity index (χ1) is 7.79. The van der Waals surface area contributed by atoms with E-state index in [0.29, 0.717) is 5.69 Å². The predicted octanol–water partition coefficient (Wildman–Crippen LogP) is 3.47. The zero-order valence-electron chi connectivity index (χ0n) is 8.37.